The van der Waals surface area contributed by atoms with Crippen LogP contribution < -0.4 is 27.5 Å². The van der Waals surface area contributed by atoms with Gasteiger partial charge in [-0.2, -0.15) is 29.8 Å². The average Bonchev–Trinajstić information content (AvgIpc) is 2.97. The van der Waals surface area contributed by atoms with Gasteiger partial charge < -0.3 is 9.47 Å². The molecule has 0 spiro atoms. The molecule has 11 heteroatoms. The van der Waals surface area contributed by atoms with E-state index in [1.54, 1.807) is 6.07 Å². The standard InChI is InChI=1S/C31H52F3N5O3/c1-41-30(31(32,33)34,27-21-15-14-16-22-27)29(40)42-28-23-17-12-10-8-6-4-2-3-5-7-9-11-13-19-25-35-37-39-38-36-26-20-18-24-28/h14-16,18,20-22,28,35-39H,2-13,17,19,23-26H2,1H3/b20-18-/t28?,30-/m0/s1. The predicted octanol–water partition coefficient (Wildman–Crippen LogP) is 6.42. The van der Waals surface area contributed by atoms with Gasteiger partial charge in [0.1, 0.15) is 6.10 Å². The number of alkyl halides is 3. The fourth-order valence-electron chi connectivity index (χ4n) is 5.18. The van der Waals surface area contributed by atoms with Crippen molar-refractivity contribution < 1.29 is 27.4 Å². The lowest BCUT2D eigenvalue weighted by Gasteiger charge is -2.33. The molecule has 1 heterocycles. The number of nitrogens with one attached hydrogen (secondary N) is 5. The summed E-state index contributed by atoms with van der Waals surface area (Å²) >= 11 is 0. The molecule has 0 radical (unpaired) electrons. The summed E-state index contributed by atoms with van der Waals surface area (Å²) in [4.78, 5) is 13.2. The Morgan fingerprint density at radius 2 is 1.29 bits per heavy atom. The zero-order valence-electron chi connectivity index (χ0n) is 25.2. The third-order valence-corrected chi connectivity index (χ3v) is 7.61. The van der Waals surface area contributed by atoms with E-state index in [2.05, 4.69) is 27.5 Å². The Morgan fingerprint density at radius 1 is 0.738 bits per heavy atom. The third-order valence-electron chi connectivity index (χ3n) is 7.61. The monoisotopic (exact) mass is 599 g/mol. The van der Waals surface area contributed by atoms with Gasteiger partial charge in [-0.1, -0.05) is 120 Å². The van der Waals surface area contributed by atoms with E-state index >= 15 is 0 Å². The smallest absolute Gasteiger partial charge is 0.432 e. The van der Waals surface area contributed by atoms with E-state index in [0.717, 1.165) is 45.8 Å². The Morgan fingerprint density at radius 3 is 1.86 bits per heavy atom. The van der Waals surface area contributed by atoms with Crippen LogP contribution in [0.1, 0.15) is 108 Å². The van der Waals surface area contributed by atoms with Crippen molar-refractivity contribution in [1.82, 2.24) is 27.5 Å². The molecule has 0 saturated heterocycles. The number of rotatable bonds is 4. The highest BCUT2D eigenvalue weighted by atomic mass is 19.4. The second kappa shape index (κ2) is 21.6. The SMILES string of the molecule is CO[C@](C(=O)OC1C/C=C\CNNNNNCCCCCCCCCCCCCCCC1)(c1ccccc1)C(F)(F)F. The van der Waals surface area contributed by atoms with E-state index in [0.29, 0.717) is 19.4 Å². The first kappa shape index (κ1) is 36.2. The van der Waals surface area contributed by atoms with Gasteiger partial charge in [-0.05, 0) is 19.3 Å². The normalized spacial score (nSPS) is 23.3. The predicted molar refractivity (Wildman–Crippen MR) is 159 cm³/mol. The van der Waals surface area contributed by atoms with Crippen LogP contribution in [0.3, 0.4) is 0 Å². The molecule has 1 aliphatic heterocycles. The summed E-state index contributed by atoms with van der Waals surface area (Å²) in [5.74, 6) is -1.44. The van der Waals surface area contributed by atoms with Gasteiger partial charge in [0.15, 0.2) is 0 Å². The molecule has 0 fully saturated rings. The summed E-state index contributed by atoms with van der Waals surface area (Å²) in [7, 11) is 0.892. The zero-order valence-corrected chi connectivity index (χ0v) is 25.2. The summed E-state index contributed by atoms with van der Waals surface area (Å²) < 4.78 is 53.6. The number of halogens is 3. The molecule has 5 N–H and O–H groups in total. The van der Waals surface area contributed by atoms with E-state index in [-0.39, 0.29) is 5.56 Å². The number of benzene rings is 1. The van der Waals surface area contributed by atoms with Gasteiger partial charge in [0.2, 0.25) is 0 Å². The molecule has 1 aromatic carbocycles. The van der Waals surface area contributed by atoms with Crippen molar-refractivity contribution in [3.63, 3.8) is 0 Å². The molecule has 0 bridgehead atoms. The van der Waals surface area contributed by atoms with E-state index in [1.165, 1.54) is 82.1 Å². The Hall–Kier alpha value is -2.02. The molecule has 42 heavy (non-hydrogen) atoms. The minimum absolute atomic E-state index is 0.299. The minimum atomic E-state index is -5.00. The lowest BCUT2D eigenvalue weighted by molar-refractivity contribution is -0.278. The molecule has 1 aliphatic rings. The van der Waals surface area contributed by atoms with E-state index < -0.39 is 23.9 Å². The zero-order chi connectivity index (χ0) is 30.4. The quantitative estimate of drug-likeness (QED) is 0.200. The van der Waals surface area contributed by atoms with Gasteiger partial charge in [-0.25, -0.2) is 15.6 Å². The number of hydrogen-bond acceptors (Lipinski definition) is 8. The van der Waals surface area contributed by atoms with Gasteiger partial charge in [0, 0.05) is 32.2 Å². The molecule has 240 valence electrons. The molecule has 0 aromatic heterocycles. The molecule has 1 unspecified atom stereocenters. The Balaban J connectivity index is 1.98. The van der Waals surface area contributed by atoms with Crippen molar-refractivity contribution in [3.8, 4) is 0 Å². The van der Waals surface area contributed by atoms with Crippen LogP contribution in [-0.4, -0.2) is 38.4 Å². The Labute approximate surface area is 249 Å². The first-order chi connectivity index (χ1) is 20.4. The van der Waals surface area contributed by atoms with E-state index in [9.17, 15) is 18.0 Å². The number of methoxy groups -OCH3 is 1. The molecule has 0 amide bonds. The number of ether oxygens (including phenoxy) is 2. The summed E-state index contributed by atoms with van der Waals surface area (Å²) in [6.45, 7) is 1.31. The van der Waals surface area contributed by atoms with Crippen LogP contribution in [0.5, 0.6) is 0 Å². The van der Waals surface area contributed by atoms with Crippen LogP contribution in [0.2, 0.25) is 0 Å². The molecule has 2 rings (SSSR count). The van der Waals surface area contributed by atoms with Gasteiger partial charge in [-0.15, -0.1) is 0 Å². The van der Waals surface area contributed by atoms with Gasteiger partial charge in [0.05, 0.1) is 0 Å². The summed E-state index contributed by atoms with van der Waals surface area (Å²) in [5.41, 5.74) is 11.0. The summed E-state index contributed by atoms with van der Waals surface area (Å²) in [6, 6.07) is 6.95. The van der Waals surface area contributed by atoms with Crippen molar-refractivity contribution in [1.29, 1.82) is 0 Å². The fourth-order valence-corrected chi connectivity index (χ4v) is 5.18. The van der Waals surface area contributed by atoms with E-state index in [4.69, 9.17) is 9.47 Å². The highest BCUT2D eigenvalue weighted by Gasteiger charge is 2.64. The molecule has 2 atom stereocenters. The van der Waals surface area contributed by atoms with Crippen LogP contribution in [0.25, 0.3) is 0 Å². The van der Waals surface area contributed by atoms with Crippen molar-refractivity contribution >= 4 is 5.97 Å². The summed E-state index contributed by atoms with van der Waals surface area (Å²) in [6.07, 6.45) is 15.2. The summed E-state index contributed by atoms with van der Waals surface area (Å²) in [5, 5.41) is 0. The van der Waals surface area contributed by atoms with Crippen LogP contribution in [0.15, 0.2) is 42.5 Å². The lowest BCUT2D eigenvalue weighted by atomic mass is 9.92. The van der Waals surface area contributed by atoms with Crippen molar-refractivity contribution in [2.45, 2.75) is 121 Å². The van der Waals surface area contributed by atoms with E-state index in [1.807, 2.05) is 12.2 Å². The van der Waals surface area contributed by atoms with Gasteiger partial charge in [-0.3, -0.25) is 0 Å². The highest BCUT2D eigenvalue weighted by molar-refractivity contribution is 5.82. The number of hydrogen-bond donors (Lipinski definition) is 5. The molecule has 8 nitrogen and oxygen atoms in total. The largest absolute Gasteiger partial charge is 0.459 e. The molecule has 1 aromatic rings. The highest BCUT2D eigenvalue weighted by Crippen LogP contribution is 2.43. The van der Waals surface area contributed by atoms with Crippen molar-refractivity contribution in [2.75, 3.05) is 20.2 Å². The number of carbonyl (C=O) groups excluding carboxylic acids is 1. The first-order valence-corrected chi connectivity index (χ1v) is 15.7. The van der Waals surface area contributed by atoms with Crippen LogP contribution in [0, 0.1) is 0 Å². The minimum Gasteiger partial charge on any atom is -0.459 e. The first-order valence-electron chi connectivity index (χ1n) is 15.7. The third kappa shape index (κ3) is 13.5. The van der Waals surface area contributed by atoms with Crippen LogP contribution in [-0.2, 0) is 19.9 Å². The number of hydrazine groups is 4. The second-order valence-corrected chi connectivity index (χ2v) is 10.9. The number of esters is 1. The average molecular weight is 600 g/mol. The maximum Gasteiger partial charge on any atom is 0.432 e. The van der Waals surface area contributed by atoms with Crippen molar-refractivity contribution in [3.05, 3.63) is 48.0 Å². The fraction of sp³-hybridized carbons (Fsp3) is 0.710. The maximum atomic E-state index is 14.4. The molecular formula is C31H52F3N5O3. The molecule has 0 aliphatic carbocycles. The van der Waals surface area contributed by atoms with Crippen molar-refractivity contribution in [2.24, 2.45) is 0 Å². The van der Waals surface area contributed by atoms with Gasteiger partial charge >= 0.3 is 12.1 Å². The van der Waals surface area contributed by atoms with Crippen LogP contribution >= 0.6 is 0 Å². The topological polar surface area (TPSA) is 95.7 Å². The maximum absolute atomic E-state index is 14.4. The van der Waals surface area contributed by atoms with Gasteiger partial charge in [0.25, 0.3) is 5.60 Å². The van der Waals surface area contributed by atoms with Crippen LogP contribution in [0.4, 0.5) is 13.2 Å². The lowest BCUT2D eigenvalue weighted by Crippen LogP contribution is -2.55. The Bertz CT molecular complexity index is 860. The Kier molecular flexibility index (Phi) is 18.6. The second-order valence-electron chi connectivity index (χ2n) is 10.9. The molecule has 0 saturated carbocycles. The molecular weight excluding hydrogens is 547 g/mol. The number of carbonyl (C=O) groups is 1.